The van der Waals surface area contributed by atoms with Crippen molar-refractivity contribution in [2.75, 3.05) is 20.1 Å². The van der Waals surface area contributed by atoms with Gasteiger partial charge in [0.15, 0.2) is 5.82 Å². The van der Waals surface area contributed by atoms with Crippen LogP contribution in [0.2, 0.25) is 0 Å². The lowest BCUT2D eigenvalue weighted by molar-refractivity contribution is 0.112. The first kappa shape index (κ1) is 23.3. The zero-order chi connectivity index (χ0) is 22.1. The Hall–Kier alpha value is -2.96. The van der Waals surface area contributed by atoms with E-state index in [9.17, 15) is 4.79 Å². The van der Waals surface area contributed by atoms with E-state index >= 15 is 0 Å². The van der Waals surface area contributed by atoms with Crippen LogP contribution in [0.15, 0.2) is 48.5 Å². The van der Waals surface area contributed by atoms with E-state index in [1.807, 2.05) is 46.1 Å². The van der Waals surface area contributed by atoms with Crippen LogP contribution in [0.4, 0.5) is 0 Å². The number of imidazole rings is 1. The average molecular weight is 408 g/mol. The summed E-state index contributed by atoms with van der Waals surface area (Å²) in [6.07, 6.45) is 0.858. The Morgan fingerprint density at radius 1 is 1.10 bits per heavy atom. The molecule has 0 atom stereocenters. The fourth-order valence-corrected chi connectivity index (χ4v) is 3.40. The van der Waals surface area contributed by atoms with Crippen LogP contribution in [0.25, 0.3) is 33.5 Å². The number of nitrogens with two attached hydrogens (primary N) is 1. The molecule has 2 aromatic carbocycles. The summed E-state index contributed by atoms with van der Waals surface area (Å²) in [5.41, 5.74) is 9.91. The molecule has 0 fully saturated rings. The van der Waals surface area contributed by atoms with Gasteiger partial charge in [0.25, 0.3) is 0 Å². The number of nitrogens with one attached hydrogen (secondary N) is 1. The molecule has 2 aromatic heterocycles. The van der Waals surface area contributed by atoms with E-state index in [1.165, 1.54) is 10.9 Å². The highest BCUT2D eigenvalue weighted by molar-refractivity contribution is 5.90. The lowest BCUT2D eigenvalue weighted by Gasteiger charge is -2.08. The Morgan fingerprint density at radius 2 is 1.83 bits per heavy atom. The van der Waals surface area contributed by atoms with Crippen LogP contribution in [0.1, 0.15) is 31.1 Å². The summed E-state index contributed by atoms with van der Waals surface area (Å²) in [6.45, 7) is 8.67. The summed E-state index contributed by atoms with van der Waals surface area (Å²) in [5.74, 6) is 0.918. The molecule has 0 amide bonds. The predicted molar refractivity (Wildman–Crippen MR) is 127 cm³/mol. The number of hydrogen-bond acceptors (Lipinski definition) is 4. The highest BCUT2D eigenvalue weighted by Gasteiger charge is 2.16. The largest absolute Gasteiger partial charge is 0.338 e. The normalized spacial score (nSPS) is 10.3. The van der Waals surface area contributed by atoms with Gasteiger partial charge in [-0.25, -0.2) is 4.98 Å². The second-order valence-electron chi connectivity index (χ2n) is 6.59. The number of nitrogens with zero attached hydrogens (tertiary/aromatic N) is 3. The number of aromatic nitrogens is 3. The number of aryl methyl sites for hydroxylation is 2. The molecular formula is C24H33N5O. The zero-order valence-corrected chi connectivity index (χ0v) is 18.6. The quantitative estimate of drug-likeness (QED) is 0.486. The maximum Gasteiger partial charge on any atom is 0.157 e. The molecule has 0 aliphatic heterocycles. The molecule has 4 aromatic rings. The van der Waals surface area contributed by atoms with Gasteiger partial charge in [-0.15, -0.1) is 0 Å². The number of benzene rings is 2. The molecule has 0 radical (unpaired) electrons. The van der Waals surface area contributed by atoms with Crippen LogP contribution in [0.5, 0.6) is 0 Å². The number of rotatable bonds is 5. The average Bonchev–Trinajstić information content (AvgIpc) is 3.33. The SMILES string of the molecule is CC.CCn1c(-c2nc3cc(C=O)ccc3n2C)cc2ccccc21.CNCCN. The molecule has 160 valence electrons. The van der Waals surface area contributed by atoms with Crippen LogP contribution < -0.4 is 11.1 Å². The minimum atomic E-state index is 0.651. The fraction of sp³-hybridized carbons (Fsp3) is 0.333. The van der Waals surface area contributed by atoms with E-state index in [-0.39, 0.29) is 0 Å². The van der Waals surface area contributed by atoms with Crippen molar-refractivity contribution in [3.63, 3.8) is 0 Å². The standard InChI is InChI=1S/C19H17N3O.C3H10N2.C2H6/c1-3-22-16-7-5-4-6-14(16)11-18(22)19-20-15-10-13(12-23)8-9-17(15)21(19)2;1-5-3-2-4;1-2/h4-12H,3H2,1-2H3;5H,2-4H2,1H3;1-2H3. The van der Waals surface area contributed by atoms with Crippen LogP contribution in [-0.4, -0.2) is 40.5 Å². The topological polar surface area (TPSA) is 77.9 Å². The number of para-hydroxylation sites is 1. The maximum atomic E-state index is 11.0. The van der Waals surface area contributed by atoms with Gasteiger partial charge in [0.1, 0.15) is 6.29 Å². The third-order valence-corrected chi connectivity index (χ3v) is 4.79. The van der Waals surface area contributed by atoms with Gasteiger partial charge in [-0.1, -0.05) is 32.0 Å². The Labute approximate surface area is 178 Å². The molecule has 0 spiro atoms. The van der Waals surface area contributed by atoms with Crippen molar-refractivity contribution in [3.8, 4) is 11.5 Å². The zero-order valence-electron chi connectivity index (χ0n) is 18.6. The molecule has 2 heterocycles. The predicted octanol–water partition coefficient (Wildman–Crippen LogP) is 4.22. The monoisotopic (exact) mass is 407 g/mol. The third-order valence-electron chi connectivity index (χ3n) is 4.79. The van der Waals surface area contributed by atoms with Crippen molar-refractivity contribution in [1.29, 1.82) is 0 Å². The molecule has 0 bridgehead atoms. The van der Waals surface area contributed by atoms with Gasteiger partial charge in [0.2, 0.25) is 0 Å². The Morgan fingerprint density at radius 3 is 2.43 bits per heavy atom. The van der Waals surface area contributed by atoms with Crippen LogP contribution >= 0.6 is 0 Å². The number of likely N-dealkylation sites (N-methyl/N-ethyl adjacent to an activating group) is 1. The second-order valence-corrected chi connectivity index (χ2v) is 6.59. The lowest BCUT2D eigenvalue weighted by atomic mass is 10.2. The molecule has 6 nitrogen and oxygen atoms in total. The maximum absolute atomic E-state index is 11.0. The van der Waals surface area contributed by atoms with Gasteiger partial charge in [0, 0.05) is 43.1 Å². The van der Waals surface area contributed by atoms with E-state index < -0.39 is 0 Å². The van der Waals surface area contributed by atoms with Crippen molar-refractivity contribution in [3.05, 3.63) is 54.1 Å². The van der Waals surface area contributed by atoms with Crippen molar-refractivity contribution in [2.45, 2.75) is 27.3 Å². The molecule has 0 saturated heterocycles. The van der Waals surface area contributed by atoms with Crippen molar-refractivity contribution in [2.24, 2.45) is 12.8 Å². The molecular weight excluding hydrogens is 374 g/mol. The smallest absolute Gasteiger partial charge is 0.157 e. The number of fused-ring (bicyclic) bond motifs is 2. The van der Waals surface area contributed by atoms with E-state index in [2.05, 4.69) is 51.7 Å². The van der Waals surface area contributed by atoms with E-state index in [0.29, 0.717) is 5.56 Å². The molecule has 3 N–H and O–H groups in total. The van der Waals surface area contributed by atoms with E-state index in [1.54, 1.807) is 0 Å². The lowest BCUT2D eigenvalue weighted by Crippen LogP contribution is -2.17. The Kier molecular flexibility index (Phi) is 8.77. The molecule has 0 aliphatic carbocycles. The number of aldehydes is 1. The molecule has 4 rings (SSSR count). The first-order valence-corrected chi connectivity index (χ1v) is 10.5. The molecule has 0 unspecified atom stereocenters. The molecule has 6 heteroatoms. The number of hydrogen-bond donors (Lipinski definition) is 2. The van der Waals surface area contributed by atoms with Crippen molar-refractivity contribution in [1.82, 2.24) is 19.4 Å². The van der Waals surface area contributed by atoms with Crippen molar-refractivity contribution < 1.29 is 4.79 Å². The summed E-state index contributed by atoms with van der Waals surface area (Å²) in [6, 6.07) is 16.2. The number of carbonyl (C=O) groups is 1. The summed E-state index contributed by atoms with van der Waals surface area (Å²) in [5, 5.41) is 4.11. The van der Waals surface area contributed by atoms with Crippen LogP contribution in [-0.2, 0) is 13.6 Å². The van der Waals surface area contributed by atoms with E-state index in [0.717, 1.165) is 48.5 Å². The van der Waals surface area contributed by atoms with E-state index in [4.69, 9.17) is 10.7 Å². The second kappa shape index (κ2) is 11.3. The van der Waals surface area contributed by atoms with Gasteiger partial charge in [-0.05, 0) is 44.3 Å². The highest BCUT2D eigenvalue weighted by Crippen LogP contribution is 2.29. The molecule has 30 heavy (non-hydrogen) atoms. The van der Waals surface area contributed by atoms with Crippen LogP contribution in [0, 0.1) is 0 Å². The minimum Gasteiger partial charge on any atom is -0.338 e. The summed E-state index contributed by atoms with van der Waals surface area (Å²) in [7, 11) is 3.90. The third kappa shape index (κ3) is 4.78. The van der Waals surface area contributed by atoms with Gasteiger partial charge >= 0.3 is 0 Å². The van der Waals surface area contributed by atoms with Gasteiger partial charge < -0.3 is 20.2 Å². The van der Waals surface area contributed by atoms with Gasteiger partial charge in [0.05, 0.1) is 16.7 Å². The first-order chi connectivity index (χ1) is 14.6. The molecule has 0 aliphatic rings. The van der Waals surface area contributed by atoms with Gasteiger partial charge in [-0.3, -0.25) is 4.79 Å². The molecule has 0 saturated carbocycles. The van der Waals surface area contributed by atoms with Crippen molar-refractivity contribution >= 4 is 28.2 Å². The summed E-state index contributed by atoms with van der Waals surface area (Å²) in [4.78, 5) is 15.8. The Balaban J connectivity index is 0.000000404. The minimum absolute atomic E-state index is 0.651. The highest BCUT2D eigenvalue weighted by atomic mass is 16.1. The van der Waals surface area contributed by atoms with Crippen LogP contribution in [0.3, 0.4) is 0 Å². The summed E-state index contributed by atoms with van der Waals surface area (Å²) >= 11 is 0. The first-order valence-electron chi connectivity index (χ1n) is 10.5. The van der Waals surface area contributed by atoms with Gasteiger partial charge in [-0.2, -0.15) is 0 Å². The Bertz CT molecular complexity index is 1090. The fourth-order valence-electron chi connectivity index (χ4n) is 3.40. The summed E-state index contributed by atoms with van der Waals surface area (Å²) < 4.78 is 4.36. The number of carbonyl (C=O) groups excluding carboxylic acids is 1.